The summed E-state index contributed by atoms with van der Waals surface area (Å²) in [6.45, 7) is 7.85. The lowest BCUT2D eigenvalue weighted by Crippen LogP contribution is -2.54. The lowest BCUT2D eigenvalue weighted by molar-refractivity contribution is 0.0690. The summed E-state index contributed by atoms with van der Waals surface area (Å²) >= 11 is 0. The molecule has 0 aromatic heterocycles. The van der Waals surface area contributed by atoms with Gasteiger partial charge < -0.3 is 19.4 Å². The summed E-state index contributed by atoms with van der Waals surface area (Å²) in [6.07, 6.45) is 0. The first kappa shape index (κ1) is 20.4. The Morgan fingerprint density at radius 1 is 1.17 bits per heavy atom. The predicted octanol–water partition coefficient (Wildman–Crippen LogP) is 2.95. The Hall–Kier alpha value is -2.86. The van der Waals surface area contributed by atoms with Crippen molar-refractivity contribution in [2.45, 2.75) is 26.4 Å². The van der Waals surface area contributed by atoms with Gasteiger partial charge >= 0.3 is 0 Å². The predicted molar refractivity (Wildman–Crippen MR) is 117 cm³/mol. The first-order valence-electron chi connectivity index (χ1n) is 10.5. The molecule has 0 N–H and O–H groups in total. The number of anilines is 1. The monoisotopic (exact) mass is 407 g/mol. The molecule has 2 aliphatic heterocycles. The van der Waals surface area contributed by atoms with Gasteiger partial charge in [-0.3, -0.25) is 9.59 Å². The first-order chi connectivity index (χ1) is 14.5. The number of amides is 2. The van der Waals surface area contributed by atoms with E-state index >= 15 is 0 Å². The molecule has 6 heteroatoms. The van der Waals surface area contributed by atoms with E-state index in [1.165, 1.54) is 11.3 Å². The van der Waals surface area contributed by atoms with Crippen LogP contribution in [0.5, 0.6) is 0 Å². The Balaban J connectivity index is 1.51. The van der Waals surface area contributed by atoms with E-state index in [1.54, 1.807) is 18.1 Å². The highest BCUT2D eigenvalue weighted by Crippen LogP contribution is 2.28. The minimum Gasteiger partial charge on any atom is -0.383 e. The fourth-order valence-electron chi connectivity index (χ4n) is 4.48. The van der Waals surface area contributed by atoms with Crippen LogP contribution in [0.1, 0.15) is 38.8 Å². The van der Waals surface area contributed by atoms with Crippen LogP contribution >= 0.6 is 0 Å². The van der Waals surface area contributed by atoms with Crippen molar-refractivity contribution in [3.8, 4) is 0 Å². The van der Waals surface area contributed by atoms with Crippen molar-refractivity contribution in [2.24, 2.45) is 0 Å². The van der Waals surface area contributed by atoms with Crippen LogP contribution in [-0.4, -0.2) is 67.6 Å². The number of methoxy groups -OCH3 is 1. The van der Waals surface area contributed by atoms with Crippen molar-refractivity contribution < 1.29 is 14.3 Å². The van der Waals surface area contributed by atoms with Crippen molar-refractivity contribution in [3.63, 3.8) is 0 Å². The van der Waals surface area contributed by atoms with Crippen LogP contribution in [0.4, 0.5) is 5.69 Å². The zero-order valence-electron chi connectivity index (χ0n) is 17.9. The number of aryl methyl sites for hydroxylation is 1. The van der Waals surface area contributed by atoms with E-state index in [9.17, 15) is 9.59 Å². The van der Waals surface area contributed by atoms with E-state index in [-0.39, 0.29) is 17.9 Å². The van der Waals surface area contributed by atoms with Crippen molar-refractivity contribution in [3.05, 3.63) is 64.7 Å². The van der Waals surface area contributed by atoms with Gasteiger partial charge in [-0.05, 0) is 43.2 Å². The first-order valence-corrected chi connectivity index (χ1v) is 10.5. The van der Waals surface area contributed by atoms with E-state index in [2.05, 4.69) is 43.0 Å². The smallest absolute Gasteiger partial charge is 0.255 e. The molecule has 2 aliphatic rings. The van der Waals surface area contributed by atoms with Gasteiger partial charge in [0.1, 0.15) is 0 Å². The molecule has 2 aromatic carbocycles. The molecule has 0 bridgehead atoms. The lowest BCUT2D eigenvalue weighted by Gasteiger charge is -2.41. The molecule has 1 atom stereocenters. The lowest BCUT2D eigenvalue weighted by atomic mass is 10.0. The second kappa shape index (κ2) is 8.48. The molecular formula is C24H29N3O3. The molecule has 0 spiro atoms. The number of carbonyl (C=O) groups is 2. The number of rotatable bonds is 5. The van der Waals surface area contributed by atoms with Crippen molar-refractivity contribution in [1.29, 1.82) is 0 Å². The highest BCUT2D eigenvalue weighted by atomic mass is 16.5. The maximum absolute atomic E-state index is 13.4. The van der Waals surface area contributed by atoms with Gasteiger partial charge in [-0.1, -0.05) is 24.3 Å². The molecule has 2 heterocycles. The standard InChI is InChI=1S/C24H29N3O3/c1-17-6-4-8-20(14-17)27-11-10-25(15-18(27)2)23(28)21-9-5-7-19-16-26(12-13-30-3)24(29)22(19)21/h4-9,14,18H,10-13,15-16H2,1-3H3/t18-/m1/s1. The number of piperazine rings is 1. The molecule has 2 aromatic rings. The average Bonchev–Trinajstić information content (AvgIpc) is 3.07. The van der Waals surface area contributed by atoms with Crippen LogP contribution < -0.4 is 4.90 Å². The fraction of sp³-hybridized carbons (Fsp3) is 0.417. The van der Waals surface area contributed by atoms with Gasteiger partial charge in [-0.2, -0.15) is 0 Å². The van der Waals surface area contributed by atoms with Crippen molar-refractivity contribution in [1.82, 2.24) is 9.80 Å². The molecule has 158 valence electrons. The Kier molecular flexibility index (Phi) is 5.77. The molecular weight excluding hydrogens is 378 g/mol. The number of carbonyl (C=O) groups excluding carboxylic acids is 2. The van der Waals surface area contributed by atoms with Gasteiger partial charge in [0.25, 0.3) is 11.8 Å². The fourth-order valence-corrected chi connectivity index (χ4v) is 4.48. The van der Waals surface area contributed by atoms with Crippen molar-refractivity contribution >= 4 is 17.5 Å². The van der Waals surface area contributed by atoms with Gasteiger partial charge in [-0.15, -0.1) is 0 Å². The number of fused-ring (bicyclic) bond motifs is 1. The molecule has 0 unspecified atom stereocenters. The molecule has 30 heavy (non-hydrogen) atoms. The molecule has 0 saturated carbocycles. The highest BCUT2D eigenvalue weighted by Gasteiger charge is 2.34. The maximum Gasteiger partial charge on any atom is 0.255 e. The van der Waals surface area contributed by atoms with Gasteiger partial charge in [0.15, 0.2) is 0 Å². The molecule has 0 radical (unpaired) electrons. The topological polar surface area (TPSA) is 53.1 Å². The van der Waals surface area contributed by atoms with Crippen LogP contribution in [0.3, 0.4) is 0 Å². The number of benzene rings is 2. The summed E-state index contributed by atoms with van der Waals surface area (Å²) in [7, 11) is 1.63. The van der Waals surface area contributed by atoms with Crippen LogP contribution in [0.2, 0.25) is 0 Å². The number of hydrogen-bond donors (Lipinski definition) is 0. The van der Waals surface area contributed by atoms with E-state index in [4.69, 9.17) is 4.74 Å². The van der Waals surface area contributed by atoms with Crippen LogP contribution in [0, 0.1) is 6.92 Å². The summed E-state index contributed by atoms with van der Waals surface area (Å²) in [4.78, 5) is 32.3. The SMILES string of the molecule is COCCN1Cc2cccc(C(=O)N3CCN(c4cccc(C)c4)[C@H](C)C3)c2C1=O. The van der Waals surface area contributed by atoms with E-state index < -0.39 is 0 Å². The molecule has 4 rings (SSSR count). The molecule has 1 fully saturated rings. The van der Waals surface area contributed by atoms with E-state index in [1.807, 2.05) is 17.0 Å². The Labute approximate surface area is 178 Å². The maximum atomic E-state index is 13.4. The van der Waals surface area contributed by atoms with Crippen LogP contribution in [0.15, 0.2) is 42.5 Å². The van der Waals surface area contributed by atoms with Gasteiger partial charge in [0.05, 0.1) is 17.7 Å². The number of hydrogen-bond acceptors (Lipinski definition) is 4. The second-order valence-electron chi connectivity index (χ2n) is 8.19. The summed E-state index contributed by atoms with van der Waals surface area (Å²) < 4.78 is 5.12. The van der Waals surface area contributed by atoms with Gasteiger partial charge in [0.2, 0.25) is 0 Å². The minimum atomic E-state index is -0.0718. The molecule has 6 nitrogen and oxygen atoms in total. The van der Waals surface area contributed by atoms with Crippen LogP contribution in [0.25, 0.3) is 0 Å². The zero-order valence-corrected chi connectivity index (χ0v) is 17.9. The Bertz CT molecular complexity index is 958. The third kappa shape index (κ3) is 3.79. The van der Waals surface area contributed by atoms with Crippen molar-refractivity contribution in [2.75, 3.05) is 44.8 Å². The highest BCUT2D eigenvalue weighted by molar-refractivity contribution is 6.09. The van der Waals surface area contributed by atoms with Crippen LogP contribution in [-0.2, 0) is 11.3 Å². The normalized spacial score (nSPS) is 18.7. The summed E-state index contributed by atoms with van der Waals surface area (Å²) in [5.74, 6) is -0.123. The second-order valence-corrected chi connectivity index (χ2v) is 8.19. The summed E-state index contributed by atoms with van der Waals surface area (Å²) in [5, 5.41) is 0. The summed E-state index contributed by atoms with van der Waals surface area (Å²) in [6, 6.07) is 14.3. The molecule has 2 amide bonds. The number of ether oxygens (including phenoxy) is 1. The van der Waals surface area contributed by atoms with Gasteiger partial charge in [0, 0.05) is 51.6 Å². The van der Waals surface area contributed by atoms with E-state index in [0.717, 1.165) is 12.1 Å². The largest absolute Gasteiger partial charge is 0.383 e. The average molecular weight is 408 g/mol. The zero-order chi connectivity index (χ0) is 21.3. The van der Waals surface area contributed by atoms with Gasteiger partial charge in [-0.25, -0.2) is 0 Å². The third-order valence-corrected chi connectivity index (χ3v) is 6.06. The third-order valence-electron chi connectivity index (χ3n) is 6.06. The Morgan fingerprint density at radius 3 is 2.70 bits per heavy atom. The van der Waals surface area contributed by atoms with E-state index in [0.29, 0.717) is 43.9 Å². The summed E-state index contributed by atoms with van der Waals surface area (Å²) in [5.41, 5.74) is 4.43. The Morgan fingerprint density at radius 2 is 1.97 bits per heavy atom. The molecule has 1 saturated heterocycles. The minimum absolute atomic E-state index is 0.0514. The quantitative estimate of drug-likeness (QED) is 0.765. The molecule has 0 aliphatic carbocycles. The number of nitrogens with zero attached hydrogens (tertiary/aromatic N) is 3.